The molecule has 3 rings (SSSR count). The fourth-order valence-corrected chi connectivity index (χ4v) is 5.11. The lowest BCUT2D eigenvalue weighted by atomic mass is 10.1. The van der Waals surface area contributed by atoms with E-state index < -0.39 is 0 Å². The highest BCUT2D eigenvalue weighted by Crippen LogP contribution is 2.28. The van der Waals surface area contributed by atoms with Gasteiger partial charge in [-0.25, -0.2) is 0 Å². The number of ether oxygens (including phenoxy) is 5. The maximum absolute atomic E-state index is 13.8. The Balaban J connectivity index is 1.84. The lowest BCUT2D eigenvalue weighted by molar-refractivity contribution is -0.132. The van der Waals surface area contributed by atoms with Crippen LogP contribution in [0.1, 0.15) is 26.4 Å². The van der Waals surface area contributed by atoms with Gasteiger partial charge in [0.2, 0.25) is 5.91 Å². The third-order valence-corrected chi connectivity index (χ3v) is 7.60. The summed E-state index contributed by atoms with van der Waals surface area (Å²) in [6, 6.07) is 12.8. The topological polar surface area (TPSA) is 86.8 Å². The molecule has 0 radical (unpaired) electrons. The van der Waals surface area contributed by atoms with Crippen molar-refractivity contribution in [3.8, 4) is 23.0 Å². The Morgan fingerprint density at radius 3 is 2.17 bits per heavy atom. The van der Waals surface area contributed by atoms with E-state index in [4.69, 9.17) is 23.7 Å². The highest BCUT2D eigenvalue weighted by molar-refractivity contribution is 7.10. The number of rotatable bonds is 15. The van der Waals surface area contributed by atoms with Crippen LogP contribution < -0.4 is 18.9 Å². The highest BCUT2D eigenvalue weighted by atomic mass is 32.1. The second-order valence-corrected chi connectivity index (χ2v) is 10.1. The summed E-state index contributed by atoms with van der Waals surface area (Å²) in [4.78, 5) is 31.8. The van der Waals surface area contributed by atoms with Crippen LogP contribution in [0.5, 0.6) is 23.0 Å². The van der Waals surface area contributed by atoms with E-state index in [0.717, 1.165) is 16.0 Å². The van der Waals surface area contributed by atoms with Crippen molar-refractivity contribution in [1.82, 2.24) is 9.80 Å². The van der Waals surface area contributed by atoms with E-state index in [0.29, 0.717) is 48.1 Å². The van der Waals surface area contributed by atoms with E-state index in [9.17, 15) is 9.59 Å². The van der Waals surface area contributed by atoms with Crippen molar-refractivity contribution >= 4 is 23.2 Å². The van der Waals surface area contributed by atoms with Crippen LogP contribution in [0.2, 0.25) is 0 Å². The van der Waals surface area contributed by atoms with Crippen molar-refractivity contribution in [2.24, 2.45) is 0 Å². The van der Waals surface area contributed by atoms with Crippen molar-refractivity contribution < 1.29 is 33.3 Å². The maximum atomic E-state index is 13.8. The lowest BCUT2D eigenvalue weighted by Crippen LogP contribution is -2.44. The van der Waals surface area contributed by atoms with E-state index in [2.05, 4.69) is 0 Å². The number of benzene rings is 2. The first-order chi connectivity index (χ1) is 19.3. The molecule has 0 saturated carbocycles. The molecule has 0 aliphatic heterocycles. The van der Waals surface area contributed by atoms with Gasteiger partial charge in [-0.3, -0.25) is 9.59 Å². The summed E-state index contributed by atoms with van der Waals surface area (Å²) in [6.45, 7) is 3.38. The number of nitrogens with zero attached hydrogens (tertiary/aromatic N) is 2. The molecule has 0 bridgehead atoms. The molecule has 9 nitrogen and oxygen atoms in total. The Bertz CT molecular complexity index is 1280. The second kappa shape index (κ2) is 15.1. The molecular weight excluding hydrogens is 532 g/mol. The number of carbonyl (C=O) groups excluding carboxylic acids is 2. The van der Waals surface area contributed by atoms with Gasteiger partial charge in [-0.1, -0.05) is 6.07 Å². The van der Waals surface area contributed by atoms with Crippen molar-refractivity contribution in [3.05, 3.63) is 69.4 Å². The zero-order valence-electron chi connectivity index (χ0n) is 24.0. The summed E-state index contributed by atoms with van der Waals surface area (Å²) in [5, 5.41) is 2.02. The zero-order valence-corrected chi connectivity index (χ0v) is 24.8. The molecule has 2 aromatic carbocycles. The Morgan fingerprint density at radius 1 is 0.800 bits per heavy atom. The zero-order chi connectivity index (χ0) is 29.1. The van der Waals surface area contributed by atoms with Crippen LogP contribution in [0.15, 0.2) is 47.8 Å². The van der Waals surface area contributed by atoms with Crippen molar-refractivity contribution in [3.63, 3.8) is 0 Å². The van der Waals surface area contributed by atoms with Crippen LogP contribution in [0.25, 0.3) is 0 Å². The second-order valence-electron chi connectivity index (χ2n) is 9.07. The molecule has 3 aromatic rings. The van der Waals surface area contributed by atoms with Crippen molar-refractivity contribution in [2.45, 2.75) is 19.9 Å². The third kappa shape index (κ3) is 7.89. The van der Waals surface area contributed by atoms with Gasteiger partial charge in [-0.05, 0) is 60.2 Å². The molecular formula is C30H38N2O7S. The van der Waals surface area contributed by atoms with Gasteiger partial charge in [0.25, 0.3) is 5.91 Å². The first-order valence-electron chi connectivity index (χ1n) is 12.9. The van der Waals surface area contributed by atoms with Crippen molar-refractivity contribution in [2.75, 3.05) is 61.8 Å². The molecule has 0 aliphatic rings. The van der Waals surface area contributed by atoms with Crippen molar-refractivity contribution in [1.29, 1.82) is 0 Å². The molecule has 1 heterocycles. The lowest BCUT2D eigenvalue weighted by Gasteiger charge is -2.28. The summed E-state index contributed by atoms with van der Waals surface area (Å²) in [7, 11) is 7.80. The van der Waals surface area contributed by atoms with E-state index in [-0.39, 0.29) is 31.5 Å². The van der Waals surface area contributed by atoms with E-state index in [1.54, 1.807) is 62.9 Å². The predicted octanol–water partition coefficient (Wildman–Crippen LogP) is 4.45. The molecule has 216 valence electrons. The van der Waals surface area contributed by atoms with Crippen LogP contribution in [0, 0.1) is 6.92 Å². The average Bonchev–Trinajstić information content (AvgIpc) is 3.39. The standard InChI is InChI=1S/C30H38N2O7S/c1-21-12-16-40-28(21)19-31(13-11-22-7-10-25(37-4)27(17-22)39-6)29(33)20-32(14-15-35-2)30(34)24-9-8-23(36-3)18-26(24)38-5/h7-10,12,16-18H,11,13-15,19-20H2,1-6H3. The number of hydrogen-bond donors (Lipinski definition) is 0. The summed E-state index contributed by atoms with van der Waals surface area (Å²) < 4.78 is 26.8. The molecule has 0 N–H and O–H groups in total. The van der Waals surface area contributed by atoms with Gasteiger partial charge < -0.3 is 33.5 Å². The summed E-state index contributed by atoms with van der Waals surface area (Å²) >= 11 is 1.61. The number of thiophene rings is 1. The molecule has 0 fully saturated rings. The van der Waals surface area contributed by atoms with Gasteiger partial charge in [0.05, 0.1) is 47.2 Å². The Morgan fingerprint density at radius 2 is 1.55 bits per heavy atom. The number of hydrogen-bond acceptors (Lipinski definition) is 8. The molecule has 40 heavy (non-hydrogen) atoms. The fraction of sp³-hybridized carbons (Fsp3) is 0.400. The van der Waals surface area contributed by atoms with Gasteiger partial charge in [0.15, 0.2) is 11.5 Å². The van der Waals surface area contributed by atoms with Gasteiger partial charge in [-0.2, -0.15) is 0 Å². The molecule has 1 aromatic heterocycles. The largest absolute Gasteiger partial charge is 0.497 e. The monoisotopic (exact) mass is 570 g/mol. The minimum absolute atomic E-state index is 0.103. The number of carbonyl (C=O) groups is 2. The molecule has 0 saturated heterocycles. The van der Waals surface area contributed by atoms with Gasteiger partial charge in [-0.15, -0.1) is 11.3 Å². The van der Waals surface area contributed by atoms with E-state index >= 15 is 0 Å². The quantitative estimate of drug-likeness (QED) is 0.267. The summed E-state index contributed by atoms with van der Waals surface area (Å²) in [5.74, 6) is 1.74. The molecule has 0 atom stereocenters. The maximum Gasteiger partial charge on any atom is 0.258 e. The third-order valence-electron chi connectivity index (χ3n) is 6.59. The Kier molecular flexibility index (Phi) is 11.6. The minimum atomic E-state index is -0.322. The fourth-order valence-electron chi connectivity index (χ4n) is 4.19. The average molecular weight is 571 g/mol. The van der Waals surface area contributed by atoms with E-state index in [1.807, 2.05) is 36.6 Å². The Labute approximate surface area is 240 Å². The van der Waals surface area contributed by atoms with Gasteiger partial charge in [0.1, 0.15) is 18.0 Å². The molecule has 2 amide bonds. The smallest absolute Gasteiger partial charge is 0.258 e. The normalized spacial score (nSPS) is 10.7. The first kappa shape index (κ1) is 30.8. The van der Waals surface area contributed by atoms with Crippen LogP contribution in [0.3, 0.4) is 0 Å². The van der Waals surface area contributed by atoms with Crippen LogP contribution >= 0.6 is 11.3 Å². The SMILES string of the molecule is COCCN(CC(=O)N(CCc1ccc(OC)c(OC)c1)Cc1sccc1C)C(=O)c1ccc(OC)cc1OC. The van der Waals surface area contributed by atoms with Crippen LogP contribution in [-0.4, -0.2) is 83.4 Å². The molecule has 0 unspecified atom stereocenters. The number of aryl methyl sites for hydroxylation is 1. The van der Waals surface area contributed by atoms with Gasteiger partial charge in [0, 0.05) is 31.1 Å². The number of amides is 2. The van der Waals surface area contributed by atoms with Gasteiger partial charge >= 0.3 is 0 Å². The number of methoxy groups -OCH3 is 5. The molecule has 0 aliphatic carbocycles. The first-order valence-corrected chi connectivity index (χ1v) is 13.7. The Hall–Kier alpha value is -3.76. The van der Waals surface area contributed by atoms with E-state index in [1.165, 1.54) is 12.0 Å². The molecule has 10 heteroatoms. The van der Waals surface area contributed by atoms with Crippen LogP contribution in [0.4, 0.5) is 0 Å². The minimum Gasteiger partial charge on any atom is -0.497 e. The molecule has 0 spiro atoms. The summed E-state index contributed by atoms with van der Waals surface area (Å²) in [5.41, 5.74) is 2.48. The predicted molar refractivity (Wildman–Crippen MR) is 155 cm³/mol. The summed E-state index contributed by atoms with van der Waals surface area (Å²) in [6.07, 6.45) is 0.606. The highest BCUT2D eigenvalue weighted by Gasteiger charge is 2.25. The van der Waals surface area contributed by atoms with Crippen LogP contribution in [-0.2, 0) is 22.5 Å².